The fraction of sp³-hybridized carbons (Fsp3) is 0.500. The molecule has 1 saturated carbocycles. The molecule has 0 atom stereocenters. The van der Waals surface area contributed by atoms with Crippen LogP contribution in [-0.2, 0) is 4.79 Å². The van der Waals surface area contributed by atoms with Gasteiger partial charge in [0, 0.05) is 0 Å². The van der Waals surface area contributed by atoms with E-state index >= 15 is 0 Å². The lowest BCUT2D eigenvalue weighted by atomic mass is 9.77. The fourth-order valence-electron chi connectivity index (χ4n) is 2.18. The van der Waals surface area contributed by atoms with Crippen LogP contribution in [0.25, 0.3) is 0 Å². The minimum absolute atomic E-state index is 0.0697. The summed E-state index contributed by atoms with van der Waals surface area (Å²) in [6, 6.07) is 7.33. The van der Waals surface area contributed by atoms with Crippen molar-refractivity contribution >= 4 is 5.97 Å². The second-order valence-electron chi connectivity index (χ2n) is 4.61. The minimum atomic E-state index is -0.805. The molecule has 1 N–H and O–H groups in total. The molecule has 18 heavy (non-hydrogen) atoms. The van der Waals surface area contributed by atoms with Gasteiger partial charge in [-0.05, 0) is 50.5 Å². The number of hydrogen-bond acceptors (Lipinski definition) is 3. The van der Waals surface area contributed by atoms with Crippen molar-refractivity contribution < 1.29 is 19.4 Å². The number of aliphatic carboxylic acids is 1. The summed E-state index contributed by atoms with van der Waals surface area (Å²) >= 11 is 0. The van der Waals surface area contributed by atoms with Crippen molar-refractivity contribution in [2.45, 2.75) is 38.2 Å². The highest BCUT2D eigenvalue weighted by Gasteiger charge is 2.41. The average Bonchev–Trinajstić information content (AvgIpc) is 2.28. The van der Waals surface area contributed by atoms with Crippen LogP contribution in [0.15, 0.2) is 24.3 Å². The van der Waals surface area contributed by atoms with E-state index in [4.69, 9.17) is 14.6 Å². The van der Waals surface area contributed by atoms with Gasteiger partial charge in [-0.25, -0.2) is 0 Å². The van der Waals surface area contributed by atoms with Crippen molar-refractivity contribution in [2.75, 3.05) is 6.61 Å². The molecule has 1 fully saturated rings. The maximum Gasteiger partial charge on any atom is 0.307 e. The SMILES string of the molecule is CCOc1ccc(OC2(CC(=O)O)CCC2)cc1. The van der Waals surface area contributed by atoms with Gasteiger partial charge in [-0.15, -0.1) is 0 Å². The number of ether oxygens (including phenoxy) is 2. The standard InChI is InChI=1S/C14H18O4/c1-2-17-11-4-6-12(7-5-11)18-14(8-3-9-14)10-13(15)16/h4-7H,2-3,8-10H2,1H3,(H,15,16). The summed E-state index contributed by atoms with van der Waals surface area (Å²) < 4.78 is 11.2. The van der Waals surface area contributed by atoms with E-state index in [9.17, 15) is 4.79 Å². The van der Waals surface area contributed by atoms with Gasteiger partial charge in [0.05, 0.1) is 13.0 Å². The molecule has 1 aromatic rings. The molecule has 1 aliphatic carbocycles. The summed E-state index contributed by atoms with van der Waals surface area (Å²) in [5.41, 5.74) is -0.501. The van der Waals surface area contributed by atoms with E-state index < -0.39 is 11.6 Å². The normalized spacial score (nSPS) is 16.7. The molecule has 0 unspecified atom stereocenters. The summed E-state index contributed by atoms with van der Waals surface area (Å²) in [5, 5.41) is 8.91. The zero-order valence-electron chi connectivity index (χ0n) is 10.5. The molecule has 4 nitrogen and oxygen atoms in total. The number of carboxylic acid groups (broad SMARTS) is 1. The predicted molar refractivity (Wildman–Crippen MR) is 67.1 cm³/mol. The van der Waals surface area contributed by atoms with Crippen molar-refractivity contribution in [3.63, 3.8) is 0 Å². The van der Waals surface area contributed by atoms with Crippen molar-refractivity contribution in [1.29, 1.82) is 0 Å². The van der Waals surface area contributed by atoms with Gasteiger partial charge in [-0.1, -0.05) is 0 Å². The molecule has 0 radical (unpaired) electrons. The number of benzene rings is 1. The first-order chi connectivity index (χ1) is 8.63. The summed E-state index contributed by atoms with van der Waals surface area (Å²) in [6.45, 7) is 2.56. The molecule has 98 valence electrons. The van der Waals surface area contributed by atoms with Gasteiger partial charge in [-0.2, -0.15) is 0 Å². The van der Waals surface area contributed by atoms with Crippen LogP contribution >= 0.6 is 0 Å². The zero-order valence-corrected chi connectivity index (χ0v) is 10.5. The summed E-state index contributed by atoms with van der Waals surface area (Å²) in [4.78, 5) is 10.8. The Hall–Kier alpha value is -1.71. The second kappa shape index (κ2) is 5.29. The van der Waals surface area contributed by atoms with Crippen LogP contribution < -0.4 is 9.47 Å². The van der Waals surface area contributed by atoms with Gasteiger partial charge < -0.3 is 14.6 Å². The van der Waals surface area contributed by atoms with E-state index in [1.165, 1.54) is 0 Å². The molecule has 0 bridgehead atoms. The predicted octanol–water partition coefficient (Wildman–Crippen LogP) is 2.86. The Morgan fingerprint density at radius 1 is 1.28 bits per heavy atom. The van der Waals surface area contributed by atoms with Gasteiger partial charge in [0.25, 0.3) is 0 Å². The third-order valence-corrected chi connectivity index (χ3v) is 3.21. The van der Waals surface area contributed by atoms with Crippen LogP contribution in [0.3, 0.4) is 0 Å². The molecule has 0 saturated heterocycles. The van der Waals surface area contributed by atoms with Crippen LogP contribution in [0, 0.1) is 0 Å². The molecule has 0 amide bonds. The number of carbonyl (C=O) groups is 1. The van der Waals surface area contributed by atoms with E-state index in [0.29, 0.717) is 12.4 Å². The van der Waals surface area contributed by atoms with Crippen molar-refractivity contribution in [3.8, 4) is 11.5 Å². The Morgan fingerprint density at radius 2 is 1.89 bits per heavy atom. The summed E-state index contributed by atoms with van der Waals surface area (Å²) in [6.07, 6.45) is 2.73. The van der Waals surface area contributed by atoms with Crippen molar-refractivity contribution in [3.05, 3.63) is 24.3 Å². The van der Waals surface area contributed by atoms with Crippen LogP contribution in [0.2, 0.25) is 0 Å². The van der Waals surface area contributed by atoms with E-state index in [1.807, 2.05) is 31.2 Å². The lowest BCUT2D eigenvalue weighted by Crippen LogP contribution is -2.45. The quantitative estimate of drug-likeness (QED) is 0.843. The first kappa shape index (κ1) is 12.7. The average molecular weight is 250 g/mol. The molecule has 1 aliphatic rings. The van der Waals surface area contributed by atoms with Crippen molar-refractivity contribution in [2.24, 2.45) is 0 Å². The number of rotatable bonds is 6. The van der Waals surface area contributed by atoms with Crippen LogP contribution in [-0.4, -0.2) is 23.3 Å². The highest BCUT2D eigenvalue weighted by molar-refractivity contribution is 5.68. The van der Waals surface area contributed by atoms with E-state index in [2.05, 4.69) is 0 Å². The fourth-order valence-corrected chi connectivity index (χ4v) is 2.18. The monoisotopic (exact) mass is 250 g/mol. The Balaban J connectivity index is 2.01. The number of carboxylic acids is 1. The Kier molecular flexibility index (Phi) is 3.75. The van der Waals surface area contributed by atoms with Gasteiger partial charge in [0.2, 0.25) is 0 Å². The van der Waals surface area contributed by atoms with Gasteiger partial charge in [0.15, 0.2) is 0 Å². The highest BCUT2D eigenvalue weighted by atomic mass is 16.5. The molecule has 0 aliphatic heterocycles. The third kappa shape index (κ3) is 2.94. The Labute approximate surface area is 107 Å². The first-order valence-corrected chi connectivity index (χ1v) is 6.27. The molecular formula is C14H18O4. The van der Waals surface area contributed by atoms with Gasteiger partial charge in [0.1, 0.15) is 17.1 Å². The van der Waals surface area contributed by atoms with Crippen LogP contribution in [0.5, 0.6) is 11.5 Å². The highest BCUT2D eigenvalue weighted by Crippen LogP contribution is 2.39. The Morgan fingerprint density at radius 3 is 2.33 bits per heavy atom. The van der Waals surface area contributed by atoms with E-state index in [1.54, 1.807) is 0 Å². The molecule has 0 aromatic heterocycles. The smallest absolute Gasteiger partial charge is 0.307 e. The van der Waals surface area contributed by atoms with Crippen LogP contribution in [0.4, 0.5) is 0 Å². The first-order valence-electron chi connectivity index (χ1n) is 6.27. The number of hydrogen-bond donors (Lipinski definition) is 1. The lowest BCUT2D eigenvalue weighted by Gasteiger charge is -2.40. The molecular weight excluding hydrogens is 232 g/mol. The third-order valence-electron chi connectivity index (χ3n) is 3.21. The zero-order chi connectivity index (χ0) is 13.0. The minimum Gasteiger partial charge on any atom is -0.494 e. The lowest BCUT2D eigenvalue weighted by molar-refractivity contribution is -0.144. The van der Waals surface area contributed by atoms with Gasteiger partial charge >= 0.3 is 5.97 Å². The van der Waals surface area contributed by atoms with E-state index in [-0.39, 0.29) is 6.42 Å². The van der Waals surface area contributed by atoms with Gasteiger partial charge in [-0.3, -0.25) is 4.79 Å². The topological polar surface area (TPSA) is 55.8 Å². The second-order valence-corrected chi connectivity index (χ2v) is 4.61. The van der Waals surface area contributed by atoms with E-state index in [0.717, 1.165) is 25.0 Å². The largest absolute Gasteiger partial charge is 0.494 e. The summed E-state index contributed by atoms with van der Waals surface area (Å²) in [7, 11) is 0. The molecule has 0 spiro atoms. The van der Waals surface area contributed by atoms with Crippen LogP contribution in [0.1, 0.15) is 32.6 Å². The maximum absolute atomic E-state index is 10.8. The molecule has 4 heteroatoms. The summed E-state index contributed by atoms with van der Waals surface area (Å²) in [5.74, 6) is 0.700. The maximum atomic E-state index is 10.8. The molecule has 0 heterocycles. The van der Waals surface area contributed by atoms with Crippen molar-refractivity contribution in [1.82, 2.24) is 0 Å². The Bertz CT molecular complexity index is 406. The molecule has 1 aromatic carbocycles. The molecule has 2 rings (SSSR count).